The summed E-state index contributed by atoms with van der Waals surface area (Å²) in [5.41, 5.74) is 9.90. The molecule has 2 aromatic carbocycles. The number of hydrogen-bond acceptors (Lipinski definition) is 7. The second kappa shape index (κ2) is 10.2. The minimum absolute atomic E-state index is 0.288. The molecule has 1 aliphatic heterocycles. The predicted octanol–water partition coefficient (Wildman–Crippen LogP) is 3.23. The van der Waals surface area contributed by atoms with E-state index in [0.717, 1.165) is 67.3 Å². The van der Waals surface area contributed by atoms with Crippen molar-refractivity contribution in [3.63, 3.8) is 0 Å². The van der Waals surface area contributed by atoms with E-state index in [9.17, 15) is 9.59 Å². The van der Waals surface area contributed by atoms with Gasteiger partial charge in [0.05, 0.1) is 5.69 Å². The molecule has 1 atom stereocenters. The second-order valence-electron chi connectivity index (χ2n) is 9.37. The lowest BCUT2D eigenvalue weighted by molar-refractivity contribution is -0.132. The van der Waals surface area contributed by atoms with E-state index in [1.54, 1.807) is 13.1 Å². The first-order chi connectivity index (χ1) is 17.5. The van der Waals surface area contributed by atoms with Gasteiger partial charge in [-0.1, -0.05) is 12.1 Å². The Kier molecular flexibility index (Phi) is 6.71. The van der Waals surface area contributed by atoms with Crippen molar-refractivity contribution in [2.24, 2.45) is 11.7 Å². The smallest absolute Gasteiger partial charge is 0.239 e. The third-order valence-corrected chi connectivity index (χ3v) is 6.65. The largest absolute Gasteiger partial charge is 0.374 e. The molecule has 0 radical (unpaired) electrons. The Labute approximate surface area is 210 Å². The highest BCUT2D eigenvalue weighted by Gasteiger charge is 2.34. The quantitative estimate of drug-likeness (QED) is 0.448. The van der Waals surface area contributed by atoms with E-state index >= 15 is 0 Å². The first-order valence-corrected chi connectivity index (χ1v) is 12.4. The molecule has 3 aromatic rings. The van der Waals surface area contributed by atoms with E-state index in [-0.39, 0.29) is 5.92 Å². The van der Waals surface area contributed by atoms with E-state index in [2.05, 4.69) is 37.6 Å². The number of nitrogens with one attached hydrogen (secondary N) is 2. The number of primary amides is 1. The third-order valence-electron chi connectivity index (χ3n) is 6.65. The fourth-order valence-electron chi connectivity index (χ4n) is 4.30. The molecule has 1 aromatic heterocycles. The normalized spacial score (nSPS) is 16.4. The fourth-order valence-corrected chi connectivity index (χ4v) is 4.30. The lowest BCUT2D eigenvalue weighted by Gasteiger charge is -2.36. The Morgan fingerprint density at radius 2 is 1.61 bits per heavy atom. The molecule has 2 heterocycles. The van der Waals surface area contributed by atoms with Crippen LogP contribution in [0.1, 0.15) is 19.8 Å². The molecule has 1 saturated heterocycles. The first kappa shape index (κ1) is 23.6. The minimum atomic E-state index is -0.446. The molecule has 9 heteroatoms. The van der Waals surface area contributed by atoms with Crippen LogP contribution in [0.3, 0.4) is 0 Å². The van der Waals surface area contributed by atoms with Gasteiger partial charge in [-0.3, -0.25) is 9.59 Å². The van der Waals surface area contributed by atoms with Crippen LogP contribution in [0.2, 0.25) is 0 Å². The number of aromatic nitrogens is 2. The van der Waals surface area contributed by atoms with Crippen molar-refractivity contribution in [2.75, 3.05) is 41.7 Å². The Morgan fingerprint density at radius 3 is 2.25 bits per heavy atom. The Morgan fingerprint density at radius 1 is 0.944 bits per heavy atom. The summed E-state index contributed by atoms with van der Waals surface area (Å²) >= 11 is 0. The number of nitrogens with zero attached hydrogens (tertiary/aromatic N) is 4. The van der Waals surface area contributed by atoms with E-state index in [1.807, 2.05) is 47.4 Å². The van der Waals surface area contributed by atoms with Crippen molar-refractivity contribution in [3.8, 4) is 11.3 Å². The van der Waals surface area contributed by atoms with Crippen LogP contribution in [0.5, 0.6) is 0 Å². The van der Waals surface area contributed by atoms with Crippen LogP contribution in [0.15, 0.2) is 60.8 Å². The van der Waals surface area contributed by atoms with Crippen molar-refractivity contribution in [1.82, 2.24) is 14.9 Å². The molecule has 9 nitrogen and oxygen atoms in total. The SMILES string of the molecule is C[C@@H](Nc1ccc(-c2ccnc(Nc3ccc(N4CCN(C(=O)C5CC5)CC4)cc3)n2)cc1)C(N)=O. The highest BCUT2D eigenvalue weighted by atomic mass is 16.2. The highest BCUT2D eigenvalue weighted by Crippen LogP contribution is 2.31. The molecule has 2 amide bonds. The summed E-state index contributed by atoms with van der Waals surface area (Å²) in [6.07, 6.45) is 3.84. The van der Waals surface area contributed by atoms with Gasteiger partial charge in [0, 0.05) is 60.9 Å². The summed E-state index contributed by atoms with van der Waals surface area (Å²) in [6.45, 7) is 5.01. The van der Waals surface area contributed by atoms with Gasteiger partial charge in [0.15, 0.2) is 0 Å². The maximum atomic E-state index is 12.3. The zero-order valence-electron chi connectivity index (χ0n) is 20.4. The number of benzene rings is 2. The molecule has 0 unspecified atom stereocenters. The van der Waals surface area contributed by atoms with E-state index in [0.29, 0.717) is 11.9 Å². The zero-order chi connectivity index (χ0) is 25.1. The Hall–Kier alpha value is -4.14. The van der Waals surface area contributed by atoms with Gasteiger partial charge in [-0.2, -0.15) is 0 Å². The van der Waals surface area contributed by atoms with Gasteiger partial charge in [-0.15, -0.1) is 0 Å². The fraction of sp³-hybridized carbons (Fsp3) is 0.333. The predicted molar refractivity (Wildman–Crippen MR) is 141 cm³/mol. The van der Waals surface area contributed by atoms with Crippen LogP contribution < -0.4 is 21.3 Å². The van der Waals surface area contributed by atoms with Gasteiger partial charge in [-0.05, 0) is 62.2 Å². The van der Waals surface area contributed by atoms with E-state index in [1.165, 1.54) is 0 Å². The van der Waals surface area contributed by atoms with Gasteiger partial charge in [0.2, 0.25) is 17.8 Å². The summed E-state index contributed by atoms with van der Waals surface area (Å²) in [4.78, 5) is 36.9. The molecule has 0 spiro atoms. The van der Waals surface area contributed by atoms with Crippen LogP contribution in [-0.4, -0.2) is 58.9 Å². The average Bonchev–Trinajstić information content (AvgIpc) is 3.75. The molecule has 5 rings (SSSR count). The first-order valence-electron chi connectivity index (χ1n) is 12.4. The summed E-state index contributed by atoms with van der Waals surface area (Å²) in [5, 5.41) is 6.34. The molecule has 186 valence electrons. The van der Waals surface area contributed by atoms with Crippen LogP contribution in [-0.2, 0) is 9.59 Å². The lowest BCUT2D eigenvalue weighted by Crippen LogP contribution is -2.49. The molecule has 2 aliphatic rings. The van der Waals surface area contributed by atoms with E-state index in [4.69, 9.17) is 5.73 Å². The highest BCUT2D eigenvalue weighted by molar-refractivity contribution is 5.82. The van der Waals surface area contributed by atoms with Crippen molar-refractivity contribution >= 4 is 34.8 Å². The maximum Gasteiger partial charge on any atom is 0.239 e. The number of rotatable bonds is 8. The minimum Gasteiger partial charge on any atom is -0.374 e. The summed E-state index contributed by atoms with van der Waals surface area (Å²) in [6, 6.07) is 17.3. The van der Waals surface area contributed by atoms with Crippen LogP contribution in [0, 0.1) is 5.92 Å². The number of carbonyl (C=O) groups excluding carboxylic acids is 2. The van der Waals surface area contributed by atoms with Crippen molar-refractivity contribution < 1.29 is 9.59 Å². The van der Waals surface area contributed by atoms with Crippen LogP contribution >= 0.6 is 0 Å². The summed E-state index contributed by atoms with van der Waals surface area (Å²) in [7, 11) is 0. The van der Waals surface area contributed by atoms with Gasteiger partial charge >= 0.3 is 0 Å². The Bertz CT molecular complexity index is 1220. The zero-order valence-corrected chi connectivity index (χ0v) is 20.4. The molecular formula is C27H31N7O2. The average molecular weight is 486 g/mol. The lowest BCUT2D eigenvalue weighted by atomic mass is 10.1. The number of amides is 2. The standard InChI is InChI=1S/C27H31N7O2/c1-18(25(28)35)30-21-6-4-19(5-7-21)24-12-13-29-27(32-24)31-22-8-10-23(11-9-22)33-14-16-34(17-15-33)26(36)20-2-3-20/h4-13,18,20,30H,2-3,14-17H2,1H3,(H2,28,35)(H,29,31,32)/t18-/m1/s1. The molecule has 0 bridgehead atoms. The third kappa shape index (κ3) is 5.56. The van der Waals surface area contributed by atoms with Gasteiger partial charge in [-0.25, -0.2) is 9.97 Å². The molecular weight excluding hydrogens is 454 g/mol. The van der Waals surface area contributed by atoms with E-state index < -0.39 is 11.9 Å². The molecule has 1 saturated carbocycles. The van der Waals surface area contributed by atoms with Gasteiger partial charge in [0.25, 0.3) is 0 Å². The van der Waals surface area contributed by atoms with Crippen molar-refractivity contribution in [3.05, 3.63) is 60.8 Å². The van der Waals surface area contributed by atoms with Crippen LogP contribution in [0.25, 0.3) is 11.3 Å². The number of piperazine rings is 1. The number of nitrogens with two attached hydrogens (primary N) is 1. The maximum absolute atomic E-state index is 12.3. The number of carbonyl (C=O) groups is 2. The topological polar surface area (TPSA) is 116 Å². The van der Waals surface area contributed by atoms with Crippen LogP contribution in [0.4, 0.5) is 23.0 Å². The summed E-state index contributed by atoms with van der Waals surface area (Å²) < 4.78 is 0. The second-order valence-corrected chi connectivity index (χ2v) is 9.37. The van der Waals surface area contributed by atoms with Gasteiger partial charge < -0.3 is 26.2 Å². The van der Waals surface area contributed by atoms with Gasteiger partial charge in [0.1, 0.15) is 6.04 Å². The molecule has 4 N–H and O–H groups in total. The van der Waals surface area contributed by atoms with Crippen molar-refractivity contribution in [1.29, 1.82) is 0 Å². The molecule has 2 fully saturated rings. The Balaban J connectivity index is 1.18. The molecule has 36 heavy (non-hydrogen) atoms. The monoisotopic (exact) mass is 485 g/mol. The summed E-state index contributed by atoms with van der Waals surface area (Å²) in [5.74, 6) is 0.733. The molecule has 1 aliphatic carbocycles. The number of anilines is 4. The number of hydrogen-bond donors (Lipinski definition) is 3. The van der Waals surface area contributed by atoms with Crippen molar-refractivity contribution in [2.45, 2.75) is 25.8 Å².